The highest BCUT2D eigenvalue weighted by atomic mass is 16.3. The Morgan fingerprint density at radius 3 is 3.08 bits per heavy atom. The van der Waals surface area contributed by atoms with E-state index in [1.807, 2.05) is 6.92 Å². The van der Waals surface area contributed by atoms with Crippen molar-refractivity contribution in [3.05, 3.63) is 17.8 Å². The predicted octanol–water partition coefficient (Wildman–Crippen LogP) is 1.79. The molecule has 3 heteroatoms. The Bertz CT molecular complexity index is 282. The molecule has 1 saturated heterocycles. The molecule has 13 heavy (non-hydrogen) atoms. The van der Waals surface area contributed by atoms with Gasteiger partial charge in [0.2, 0.25) is 0 Å². The fourth-order valence-electron chi connectivity index (χ4n) is 1.93. The summed E-state index contributed by atoms with van der Waals surface area (Å²) >= 11 is 0. The largest absolute Gasteiger partial charge is 0.448 e. The first-order valence-electron chi connectivity index (χ1n) is 4.86. The van der Waals surface area contributed by atoms with Gasteiger partial charge in [-0.05, 0) is 33.4 Å². The van der Waals surface area contributed by atoms with Gasteiger partial charge in [0.25, 0.3) is 0 Å². The number of hydrogen-bond donors (Lipinski definition) is 0. The van der Waals surface area contributed by atoms with E-state index >= 15 is 0 Å². The van der Waals surface area contributed by atoms with Crippen molar-refractivity contribution in [1.82, 2.24) is 9.88 Å². The van der Waals surface area contributed by atoms with E-state index in [0.29, 0.717) is 5.92 Å². The van der Waals surface area contributed by atoms with Crippen LogP contribution in [0.3, 0.4) is 0 Å². The summed E-state index contributed by atoms with van der Waals surface area (Å²) in [5.74, 6) is 1.43. The second kappa shape index (κ2) is 3.50. The molecular weight excluding hydrogens is 164 g/mol. The number of aromatic nitrogens is 1. The summed E-state index contributed by atoms with van der Waals surface area (Å²) in [7, 11) is 2.15. The number of aryl methyl sites for hydroxylation is 1. The normalized spacial score (nSPS) is 24.9. The Balaban J connectivity index is 2.08. The maximum atomic E-state index is 5.41. The van der Waals surface area contributed by atoms with E-state index in [4.69, 9.17) is 4.42 Å². The number of oxazole rings is 1. The SMILES string of the molecule is Cc1coc(C2CCCN(C)C2)n1. The van der Waals surface area contributed by atoms with Gasteiger partial charge in [0.1, 0.15) is 6.26 Å². The summed E-state index contributed by atoms with van der Waals surface area (Å²) in [6.45, 7) is 4.26. The molecule has 0 radical (unpaired) electrons. The average molecular weight is 180 g/mol. The van der Waals surface area contributed by atoms with E-state index in [2.05, 4.69) is 16.9 Å². The fraction of sp³-hybridized carbons (Fsp3) is 0.700. The molecule has 0 saturated carbocycles. The topological polar surface area (TPSA) is 29.3 Å². The van der Waals surface area contributed by atoms with E-state index in [9.17, 15) is 0 Å². The lowest BCUT2D eigenvalue weighted by molar-refractivity contribution is 0.230. The molecule has 0 amide bonds. The monoisotopic (exact) mass is 180 g/mol. The van der Waals surface area contributed by atoms with Gasteiger partial charge in [-0.1, -0.05) is 0 Å². The third-order valence-electron chi connectivity index (χ3n) is 2.61. The van der Waals surface area contributed by atoms with Crippen molar-refractivity contribution in [3.63, 3.8) is 0 Å². The molecular formula is C10H16N2O. The lowest BCUT2D eigenvalue weighted by atomic mass is 9.99. The molecule has 1 atom stereocenters. The van der Waals surface area contributed by atoms with Gasteiger partial charge in [-0.15, -0.1) is 0 Å². The maximum absolute atomic E-state index is 5.41. The quantitative estimate of drug-likeness (QED) is 0.660. The van der Waals surface area contributed by atoms with Crippen LogP contribution in [0, 0.1) is 6.92 Å². The first-order valence-corrected chi connectivity index (χ1v) is 4.86. The average Bonchev–Trinajstić information content (AvgIpc) is 2.52. The van der Waals surface area contributed by atoms with Gasteiger partial charge in [-0.2, -0.15) is 0 Å². The van der Waals surface area contributed by atoms with Crippen molar-refractivity contribution in [1.29, 1.82) is 0 Å². The van der Waals surface area contributed by atoms with Crippen LogP contribution in [-0.4, -0.2) is 30.0 Å². The zero-order chi connectivity index (χ0) is 9.26. The van der Waals surface area contributed by atoms with Crippen LogP contribution in [-0.2, 0) is 0 Å². The summed E-state index contributed by atoms with van der Waals surface area (Å²) < 4.78 is 5.41. The molecule has 1 aliphatic heterocycles. The van der Waals surface area contributed by atoms with Crippen LogP contribution in [0.1, 0.15) is 30.3 Å². The minimum Gasteiger partial charge on any atom is -0.448 e. The highest BCUT2D eigenvalue weighted by molar-refractivity contribution is 5.00. The maximum Gasteiger partial charge on any atom is 0.198 e. The van der Waals surface area contributed by atoms with Crippen molar-refractivity contribution in [2.45, 2.75) is 25.7 Å². The van der Waals surface area contributed by atoms with Gasteiger partial charge in [-0.3, -0.25) is 0 Å². The van der Waals surface area contributed by atoms with Crippen LogP contribution in [0.4, 0.5) is 0 Å². The third-order valence-corrected chi connectivity index (χ3v) is 2.61. The molecule has 1 fully saturated rings. The number of likely N-dealkylation sites (tertiary alicyclic amines) is 1. The summed E-state index contributed by atoms with van der Waals surface area (Å²) in [5.41, 5.74) is 0.989. The van der Waals surface area contributed by atoms with Crippen LogP contribution in [0.2, 0.25) is 0 Å². The van der Waals surface area contributed by atoms with Gasteiger partial charge < -0.3 is 9.32 Å². The zero-order valence-electron chi connectivity index (χ0n) is 8.29. The second-order valence-corrected chi connectivity index (χ2v) is 3.93. The molecule has 0 aromatic carbocycles. The predicted molar refractivity (Wildman–Crippen MR) is 50.7 cm³/mol. The number of likely N-dealkylation sites (N-methyl/N-ethyl adjacent to an activating group) is 1. The summed E-state index contributed by atoms with van der Waals surface area (Å²) in [4.78, 5) is 6.72. The van der Waals surface area contributed by atoms with Gasteiger partial charge in [0, 0.05) is 12.5 Å². The number of hydrogen-bond acceptors (Lipinski definition) is 3. The first-order chi connectivity index (χ1) is 6.25. The van der Waals surface area contributed by atoms with Crippen LogP contribution >= 0.6 is 0 Å². The summed E-state index contributed by atoms with van der Waals surface area (Å²) in [6.07, 6.45) is 4.21. The van der Waals surface area contributed by atoms with E-state index < -0.39 is 0 Å². The van der Waals surface area contributed by atoms with Crippen LogP contribution in [0.15, 0.2) is 10.7 Å². The van der Waals surface area contributed by atoms with Crippen LogP contribution in [0.25, 0.3) is 0 Å². The minimum atomic E-state index is 0.507. The van der Waals surface area contributed by atoms with Crippen molar-refractivity contribution >= 4 is 0 Å². The van der Waals surface area contributed by atoms with Gasteiger partial charge in [0.05, 0.1) is 5.69 Å². The molecule has 0 aliphatic carbocycles. The summed E-state index contributed by atoms with van der Waals surface area (Å²) in [5, 5.41) is 0. The first kappa shape index (κ1) is 8.75. The van der Waals surface area contributed by atoms with Crippen molar-refractivity contribution in [3.8, 4) is 0 Å². The fourth-order valence-corrected chi connectivity index (χ4v) is 1.93. The van der Waals surface area contributed by atoms with Gasteiger partial charge in [0.15, 0.2) is 5.89 Å². The van der Waals surface area contributed by atoms with Gasteiger partial charge in [-0.25, -0.2) is 4.98 Å². The molecule has 1 aromatic heterocycles. The second-order valence-electron chi connectivity index (χ2n) is 3.93. The minimum absolute atomic E-state index is 0.507. The molecule has 1 aliphatic rings. The van der Waals surface area contributed by atoms with Crippen LogP contribution < -0.4 is 0 Å². The highest BCUT2D eigenvalue weighted by Crippen LogP contribution is 2.25. The molecule has 1 aromatic rings. The molecule has 3 nitrogen and oxygen atoms in total. The summed E-state index contributed by atoms with van der Waals surface area (Å²) in [6, 6.07) is 0. The molecule has 72 valence electrons. The molecule has 0 N–H and O–H groups in total. The van der Waals surface area contributed by atoms with E-state index in [0.717, 1.165) is 18.1 Å². The number of nitrogens with zero attached hydrogens (tertiary/aromatic N) is 2. The Kier molecular flexibility index (Phi) is 2.36. The smallest absolute Gasteiger partial charge is 0.198 e. The Labute approximate surface area is 78.8 Å². The number of rotatable bonds is 1. The molecule has 1 unspecified atom stereocenters. The van der Waals surface area contributed by atoms with Crippen molar-refractivity contribution in [2.24, 2.45) is 0 Å². The molecule has 0 spiro atoms. The molecule has 2 rings (SSSR count). The van der Waals surface area contributed by atoms with E-state index in [-0.39, 0.29) is 0 Å². The zero-order valence-corrected chi connectivity index (χ0v) is 8.29. The Morgan fingerprint density at radius 2 is 2.46 bits per heavy atom. The van der Waals surface area contributed by atoms with Crippen molar-refractivity contribution in [2.75, 3.05) is 20.1 Å². The number of piperidine rings is 1. The standard InChI is InChI=1S/C10H16N2O/c1-8-7-13-10(11-8)9-4-3-5-12(2)6-9/h7,9H,3-6H2,1-2H3. The third kappa shape index (κ3) is 1.91. The molecule has 2 heterocycles. The van der Waals surface area contributed by atoms with Crippen LogP contribution in [0.5, 0.6) is 0 Å². The van der Waals surface area contributed by atoms with Gasteiger partial charge >= 0.3 is 0 Å². The Morgan fingerprint density at radius 1 is 1.62 bits per heavy atom. The lowest BCUT2D eigenvalue weighted by Crippen LogP contribution is -2.30. The highest BCUT2D eigenvalue weighted by Gasteiger charge is 2.22. The molecule has 0 bridgehead atoms. The van der Waals surface area contributed by atoms with E-state index in [1.165, 1.54) is 19.4 Å². The lowest BCUT2D eigenvalue weighted by Gasteiger charge is -2.27. The van der Waals surface area contributed by atoms with Crippen molar-refractivity contribution < 1.29 is 4.42 Å². The van der Waals surface area contributed by atoms with E-state index in [1.54, 1.807) is 6.26 Å². The Hall–Kier alpha value is -0.830.